The summed E-state index contributed by atoms with van der Waals surface area (Å²) in [5.74, 6) is 0. The van der Waals surface area contributed by atoms with Gasteiger partial charge in [0.15, 0.2) is 6.29 Å². The fraction of sp³-hybridized carbons (Fsp3) is 0.167. The van der Waals surface area contributed by atoms with Crippen molar-refractivity contribution < 1.29 is 10.2 Å². The van der Waals surface area contributed by atoms with Crippen LogP contribution in [0, 0.1) is 0 Å². The van der Waals surface area contributed by atoms with E-state index >= 15 is 0 Å². The molecule has 2 N–H and O–H groups in total. The van der Waals surface area contributed by atoms with Crippen LogP contribution in [-0.2, 0) is 0 Å². The quantitative estimate of drug-likeness (QED) is 0.666. The lowest BCUT2D eigenvalue weighted by Gasteiger charge is -2.01. The number of hydrogen-bond acceptors (Lipinski definition) is 3. The zero-order valence-corrected chi connectivity index (χ0v) is 6.62. The Morgan fingerprint density at radius 3 is 2.50 bits per heavy atom. The molecule has 54 valence electrons. The fourth-order valence-corrected chi connectivity index (χ4v) is 0.952. The first kappa shape index (κ1) is 7.65. The smallest absolute Gasteiger partial charge is 0.180 e. The Hall–Kier alpha value is -0.450. The molecule has 0 amide bonds. The molecule has 0 fully saturated rings. The molecule has 0 spiro atoms. The van der Waals surface area contributed by atoms with E-state index in [1.165, 1.54) is 6.20 Å². The molecule has 0 unspecified atom stereocenters. The highest BCUT2D eigenvalue weighted by Gasteiger charge is 2.01. The lowest BCUT2D eigenvalue weighted by atomic mass is 10.3. The van der Waals surface area contributed by atoms with Gasteiger partial charge in [0.2, 0.25) is 0 Å². The Labute approximate surface area is 66.5 Å². The van der Waals surface area contributed by atoms with Crippen LogP contribution in [0.2, 0.25) is 0 Å². The lowest BCUT2D eigenvalue weighted by Crippen LogP contribution is -1.94. The Morgan fingerprint density at radius 1 is 1.40 bits per heavy atom. The van der Waals surface area contributed by atoms with E-state index in [4.69, 9.17) is 10.2 Å². The highest BCUT2D eigenvalue weighted by molar-refractivity contribution is 9.10. The van der Waals surface area contributed by atoms with E-state index in [1.807, 2.05) is 0 Å². The second-order valence-electron chi connectivity index (χ2n) is 1.81. The number of aromatic nitrogens is 1. The van der Waals surface area contributed by atoms with Crippen LogP contribution < -0.4 is 0 Å². The van der Waals surface area contributed by atoms with E-state index in [0.717, 1.165) is 4.47 Å². The second kappa shape index (κ2) is 3.09. The molecule has 0 aliphatic heterocycles. The van der Waals surface area contributed by atoms with E-state index in [9.17, 15) is 0 Å². The molecule has 3 nitrogen and oxygen atoms in total. The van der Waals surface area contributed by atoms with Crippen molar-refractivity contribution >= 4 is 15.9 Å². The van der Waals surface area contributed by atoms with Crippen molar-refractivity contribution in [1.29, 1.82) is 0 Å². The number of nitrogens with zero attached hydrogens (tertiary/aromatic N) is 1. The van der Waals surface area contributed by atoms with Crippen molar-refractivity contribution in [3.8, 4) is 0 Å². The molecule has 10 heavy (non-hydrogen) atoms. The van der Waals surface area contributed by atoms with Crippen LogP contribution in [0.1, 0.15) is 11.9 Å². The average Bonchev–Trinajstić information content (AvgIpc) is 1.88. The standard InChI is InChI=1S/C6H6BrNO2/c7-5-1-4(6(9)10)2-8-3-5/h1-3,6,9-10H. The van der Waals surface area contributed by atoms with Crippen molar-refractivity contribution in [2.45, 2.75) is 6.29 Å². The number of hydrogen-bond donors (Lipinski definition) is 2. The van der Waals surface area contributed by atoms with Gasteiger partial charge < -0.3 is 10.2 Å². The van der Waals surface area contributed by atoms with E-state index in [1.54, 1.807) is 12.3 Å². The van der Waals surface area contributed by atoms with Gasteiger partial charge in [0, 0.05) is 22.4 Å². The molecule has 0 aromatic carbocycles. The number of aliphatic hydroxyl groups is 2. The van der Waals surface area contributed by atoms with Gasteiger partial charge in [-0.25, -0.2) is 0 Å². The Bertz CT molecular complexity index is 227. The van der Waals surface area contributed by atoms with Gasteiger partial charge in [-0.1, -0.05) is 0 Å². The molecular formula is C6H6BrNO2. The molecule has 0 saturated heterocycles. The van der Waals surface area contributed by atoms with Gasteiger partial charge in [0.05, 0.1) is 0 Å². The third-order valence-corrected chi connectivity index (χ3v) is 1.46. The summed E-state index contributed by atoms with van der Waals surface area (Å²) in [5.41, 5.74) is 0.384. The molecule has 1 heterocycles. The first-order valence-electron chi connectivity index (χ1n) is 2.67. The Balaban J connectivity index is 2.96. The van der Waals surface area contributed by atoms with Crippen molar-refractivity contribution in [2.24, 2.45) is 0 Å². The molecule has 1 rings (SSSR count). The predicted molar refractivity (Wildman–Crippen MR) is 39.1 cm³/mol. The van der Waals surface area contributed by atoms with Crippen LogP contribution in [0.4, 0.5) is 0 Å². The second-order valence-corrected chi connectivity index (χ2v) is 2.73. The minimum absolute atomic E-state index is 0.384. The molecule has 0 aliphatic carbocycles. The predicted octanol–water partition coefficient (Wildman–Crippen LogP) is 0.827. The molecule has 0 saturated carbocycles. The van der Waals surface area contributed by atoms with Gasteiger partial charge in [0.25, 0.3) is 0 Å². The molecule has 4 heteroatoms. The highest BCUT2D eigenvalue weighted by atomic mass is 79.9. The van der Waals surface area contributed by atoms with Gasteiger partial charge in [-0.15, -0.1) is 0 Å². The third kappa shape index (κ3) is 1.76. The molecule has 1 aromatic heterocycles. The summed E-state index contributed by atoms with van der Waals surface area (Å²) in [6.07, 6.45) is 1.53. The summed E-state index contributed by atoms with van der Waals surface area (Å²) in [6, 6.07) is 1.59. The van der Waals surface area contributed by atoms with E-state index in [0.29, 0.717) is 5.56 Å². The number of pyridine rings is 1. The Kier molecular flexibility index (Phi) is 2.37. The lowest BCUT2D eigenvalue weighted by molar-refractivity contribution is -0.0427. The zero-order chi connectivity index (χ0) is 7.56. The normalized spacial score (nSPS) is 10.4. The Morgan fingerprint density at radius 2 is 2.10 bits per heavy atom. The van der Waals surface area contributed by atoms with Crippen molar-refractivity contribution in [3.05, 3.63) is 28.5 Å². The maximum Gasteiger partial charge on any atom is 0.180 e. The van der Waals surface area contributed by atoms with E-state index in [-0.39, 0.29) is 0 Å². The fourth-order valence-electron chi connectivity index (χ4n) is 0.569. The zero-order valence-electron chi connectivity index (χ0n) is 5.03. The first-order chi connectivity index (χ1) is 4.70. The van der Waals surface area contributed by atoms with Crippen LogP contribution in [0.25, 0.3) is 0 Å². The molecule has 0 radical (unpaired) electrons. The third-order valence-electron chi connectivity index (χ3n) is 1.02. The van der Waals surface area contributed by atoms with Crippen LogP contribution in [-0.4, -0.2) is 15.2 Å². The summed E-state index contributed by atoms with van der Waals surface area (Å²) in [5, 5.41) is 17.3. The molecular weight excluding hydrogens is 198 g/mol. The summed E-state index contributed by atoms with van der Waals surface area (Å²) < 4.78 is 0.734. The maximum absolute atomic E-state index is 8.64. The monoisotopic (exact) mass is 203 g/mol. The summed E-state index contributed by atoms with van der Waals surface area (Å²) >= 11 is 3.15. The van der Waals surface area contributed by atoms with Crippen molar-refractivity contribution in [2.75, 3.05) is 0 Å². The SMILES string of the molecule is OC(O)c1cncc(Br)c1. The van der Waals surface area contributed by atoms with Gasteiger partial charge >= 0.3 is 0 Å². The van der Waals surface area contributed by atoms with Gasteiger partial charge in [-0.2, -0.15) is 0 Å². The number of halogens is 1. The summed E-state index contributed by atoms with van der Waals surface area (Å²) in [7, 11) is 0. The number of rotatable bonds is 1. The van der Waals surface area contributed by atoms with Gasteiger partial charge in [-0.3, -0.25) is 4.98 Å². The van der Waals surface area contributed by atoms with Crippen LogP contribution in [0.15, 0.2) is 22.9 Å². The minimum atomic E-state index is -1.44. The largest absolute Gasteiger partial charge is 0.364 e. The molecule has 0 aliphatic rings. The van der Waals surface area contributed by atoms with Crippen LogP contribution >= 0.6 is 15.9 Å². The number of aliphatic hydroxyl groups excluding tert-OH is 1. The van der Waals surface area contributed by atoms with Crippen molar-refractivity contribution in [1.82, 2.24) is 4.98 Å². The molecule has 1 aromatic rings. The maximum atomic E-state index is 8.64. The summed E-state index contributed by atoms with van der Waals surface area (Å²) in [6.45, 7) is 0. The topological polar surface area (TPSA) is 53.4 Å². The van der Waals surface area contributed by atoms with Crippen molar-refractivity contribution in [3.63, 3.8) is 0 Å². The van der Waals surface area contributed by atoms with E-state index < -0.39 is 6.29 Å². The summed E-state index contributed by atoms with van der Waals surface area (Å²) in [4.78, 5) is 3.74. The highest BCUT2D eigenvalue weighted by Crippen LogP contribution is 2.13. The average molecular weight is 204 g/mol. The van der Waals surface area contributed by atoms with Crippen LogP contribution in [0.5, 0.6) is 0 Å². The van der Waals surface area contributed by atoms with Gasteiger partial charge in [0.1, 0.15) is 0 Å². The van der Waals surface area contributed by atoms with Crippen LogP contribution in [0.3, 0.4) is 0 Å². The van der Waals surface area contributed by atoms with Gasteiger partial charge in [-0.05, 0) is 22.0 Å². The molecule has 0 atom stereocenters. The van der Waals surface area contributed by atoms with E-state index in [2.05, 4.69) is 20.9 Å². The first-order valence-corrected chi connectivity index (χ1v) is 3.46. The molecule has 0 bridgehead atoms. The minimum Gasteiger partial charge on any atom is -0.364 e.